The van der Waals surface area contributed by atoms with Crippen molar-refractivity contribution in [1.29, 1.82) is 0 Å². The predicted octanol–water partition coefficient (Wildman–Crippen LogP) is 7.18. The van der Waals surface area contributed by atoms with Gasteiger partial charge in [-0.25, -0.2) is 4.79 Å². The van der Waals surface area contributed by atoms with Crippen LogP contribution in [0, 0.1) is 5.41 Å². The van der Waals surface area contributed by atoms with Crippen LogP contribution in [-0.4, -0.2) is 17.5 Å². The minimum Gasteiger partial charge on any atom is -0.319 e. The van der Waals surface area contributed by atoms with Gasteiger partial charge >= 0.3 is 6.03 Å². The summed E-state index contributed by atoms with van der Waals surface area (Å²) in [6.45, 7) is 7.64. The smallest absolute Gasteiger partial charge is 0.319 e. The monoisotopic (exact) mass is 418 g/mol. The van der Waals surface area contributed by atoms with Gasteiger partial charge in [0.2, 0.25) is 0 Å². The van der Waals surface area contributed by atoms with Crippen LogP contribution >= 0.6 is 46.1 Å². The molecule has 2 amide bonds. The predicted molar refractivity (Wildman–Crippen MR) is 109 cm³/mol. The van der Waals surface area contributed by atoms with Crippen LogP contribution in [0.15, 0.2) is 29.6 Å². The van der Waals surface area contributed by atoms with E-state index in [0.29, 0.717) is 33.8 Å². The van der Waals surface area contributed by atoms with Crippen molar-refractivity contribution in [2.75, 3.05) is 11.9 Å². The highest BCUT2D eigenvalue weighted by Gasteiger charge is 2.20. The molecule has 0 aliphatic carbocycles. The van der Waals surface area contributed by atoms with Crippen LogP contribution in [0.5, 0.6) is 0 Å². The number of nitrogens with one attached hydrogen (secondary N) is 1. The normalized spacial score (nSPS) is 11.4. The number of thiophene rings is 1. The van der Waals surface area contributed by atoms with Gasteiger partial charge in [0.15, 0.2) is 0 Å². The Kier molecular flexibility index (Phi) is 7.03. The molecule has 1 aromatic carbocycles. The number of hydrogen-bond donors (Lipinski definition) is 1. The molecule has 0 saturated heterocycles. The quantitative estimate of drug-likeness (QED) is 0.547. The van der Waals surface area contributed by atoms with Gasteiger partial charge in [0.25, 0.3) is 0 Å². The number of anilines is 1. The zero-order chi connectivity index (χ0) is 18.6. The fourth-order valence-electron chi connectivity index (χ4n) is 2.16. The molecule has 2 aromatic rings. The summed E-state index contributed by atoms with van der Waals surface area (Å²) in [7, 11) is 0. The molecule has 0 radical (unpaired) electrons. The molecule has 0 spiro atoms. The van der Waals surface area contributed by atoms with Crippen molar-refractivity contribution in [3.05, 3.63) is 49.6 Å². The summed E-state index contributed by atoms with van der Waals surface area (Å²) < 4.78 is 0. The van der Waals surface area contributed by atoms with E-state index in [4.69, 9.17) is 34.8 Å². The van der Waals surface area contributed by atoms with E-state index in [1.807, 2.05) is 17.5 Å². The first-order valence-corrected chi connectivity index (χ1v) is 9.90. The van der Waals surface area contributed by atoms with Gasteiger partial charge in [-0.1, -0.05) is 61.6 Å². The molecule has 3 nitrogen and oxygen atoms in total. The molecule has 0 aliphatic heterocycles. The highest BCUT2D eigenvalue weighted by atomic mass is 35.5. The number of benzene rings is 1. The number of nitrogens with zero attached hydrogens (tertiary/aromatic N) is 1. The topological polar surface area (TPSA) is 32.3 Å². The minimum atomic E-state index is -0.233. The number of carbonyl (C=O) groups excluding carboxylic acids is 1. The van der Waals surface area contributed by atoms with Gasteiger partial charge in [0.05, 0.1) is 22.3 Å². The van der Waals surface area contributed by atoms with E-state index in [0.717, 1.165) is 11.3 Å². The molecule has 1 heterocycles. The van der Waals surface area contributed by atoms with Crippen LogP contribution in [0.4, 0.5) is 10.5 Å². The van der Waals surface area contributed by atoms with Crippen LogP contribution in [0.1, 0.15) is 32.1 Å². The molecule has 7 heteroatoms. The zero-order valence-corrected chi connectivity index (χ0v) is 17.5. The van der Waals surface area contributed by atoms with Gasteiger partial charge in [-0.3, -0.25) is 0 Å². The minimum absolute atomic E-state index is 0.129. The fraction of sp³-hybridized carbons (Fsp3) is 0.389. The van der Waals surface area contributed by atoms with Crippen LogP contribution in [0.2, 0.25) is 15.1 Å². The largest absolute Gasteiger partial charge is 0.322 e. The second-order valence-corrected chi connectivity index (χ2v) is 9.27. The molecule has 0 fully saturated rings. The third-order valence-electron chi connectivity index (χ3n) is 3.58. The Hall–Kier alpha value is -0.940. The van der Waals surface area contributed by atoms with Crippen molar-refractivity contribution in [2.45, 2.75) is 33.7 Å². The van der Waals surface area contributed by atoms with E-state index >= 15 is 0 Å². The van der Waals surface area contributed by atoms with Crippen molar-refractivity contribution >= 4 is 57.9 Å². The number of carbonyl (C=O) groups is 1. The van der Waals surface area contributed by atoms with Crippen molar-refractivity contribution < 1.29 is 4.79 Å². The summed E-state index contributed by atoms with van der Waals surface area (Å²) >= 11 is 19.9. The summed E-state index contributed by atoms with van der Waals surface area (Å²) in [5, 5.41) is 5.89. The highest BCUT2D eigenvalue weighted by Crippen LogP contribution is 2.34. The molecule has 0 unspecified atom stereocenters. The van der Waals surface area contributed by atoms with Gasteiger partial charge in [0.1, 0.15) is 0 Å². The SMILES string of the molecule is CC(C)(C)CCN(Cc1cccs1)C(=O)Nc1c(Cl)cc(Cl)cc1Cl. The van der Waals surface area contributed by atoms with E-state index in [-0.39, 0.29) is 11.4 Å². The Labute approximate surface area is 167 Å². The van der Waals surface area contributed by atoms with Gasteiger partial charge in [0, 0.05) is 16.4 Å². The molecular weight excluding hydrogens is 399 g/mol. The molecule has 136 valence electrons. The molecule has 0 aliphatic rings. The average molecular weight is 420 g/mol. The van der Waals surface area contributed by atoms with Crippen molar-refractivity contribution in [3.63, 3.8) is 0 Å². The van der Waals surface area contributed by atoms with Gasteiger partial charge in [-0.2, -0.15) is 0 Å². The number of urea groups is 1. The molecule has 0 atom stereocenters. The highest BCUT2D eigenvalue weighted by molar-refractivity contribution is 7.09. The van der Waals surface area contributed by atoms with E-state index in [9.17, 15) is 4.79 Å². The Morgan fingerprint density at radius 2 is 1.84 bits per heavy atom. The van der Waals surface area contributed by atoms with E-state index in [1.165, 1.54) is 0 Å². The summed E-state index contributed by atoms with van der Waals surface area (Å²) in [5.41, 5.74) is 0.508. The zero-order valence-electron chi connectivity index (χ0n) is 14.4. The van der Waals surface area contributed by atoms with Crippen LogP contribution < -0.4 is 5.32 Å². The first-order chi connectivity index (χ1) is 11.7. The van der Waals surface area contributed by atoms with Crippen LogP contribution in [0.3, 0.4) is 0 Å². The molecule has 1 N–H and O–H groups in total. The first kappa shape index (κ1) is 20.4. The summed E-state index contributed by atoms with van der Waals surface area (Å²) in [6.07, 6.45) is 0.883. The molecule has 1 aromatic heterocycles. The fourth-order valence-corrected chi connectivity index (χ4v) is 3.79. The molecule has 2 rings (SSSR count). The lowest BCUT2D eigenvalue weighted by Crippen LogP contribution is -2.36. The maximum absolute atomic E-state index is 12.8. The summed E-state index contributed by atoms with van der Waals surface area (Å²) in [6, 6.07) is 6.88. The van der Waals surface area contributed by atoms with E-state index in [2.05, 4.69) is 26.1 Å². The van der Waals surface area contributed by atoms with Gasteiger partial charge in [-0.15, -0.1) is 11.3 Å². The summed E-state index contributed by atoms with van der Waals surface area (Å²) in [4.78, 5) is 15.7. The lowest BCUT2D eigenvalue weighted by Gasteiger charge is -2.27. The second kappa shape index (κ2) is 8.63. The van der Waals surface area contributed by atoms with Gasteiger partial charge in [-0.05, 0) is 35.4 Å². The lowest BCUT2D eigenvalue weighted by atomic mass is 9.92. The Morgan fingerprint density at radius 3 is 2.36 bits per heavy atom. The molecular formula is C18H21Cl3N2OS. The Balaban J connectivity index is 2.16. The van der Waals surface area contributed by atoms with Crippen molar-refractivity contribution in [1.82, 2.24) is 4.90 Å². The maximum atomic E-state index is 12.8. The third kappa shape index (κ3) is 6.37. The molecule has 0 bridgehead atoms. The molecule has 0 saturated carbocycles. The maximum Gasteiger partial charge on any atom is 0.322 e. The number of halogens is 3. The number of amides is 2. The molecule has 25 heavy (non-hydrogen) atoms. The third-order valence-corrected chi connectivity index (χ3v) is 5.26. The number of rotatable bonds is 5. The Morgan fingerprint density at radius 1 is 1.20 bits per heavy atom. The van der Waals surface area contributed by atoms with E-state index in [1.54, 1.807) is 28.4 Å². The van der Waals surface area contributed by atoms with Crippen LogP contribution in [-0.2, 0) is 6.54 Å². The summed E-state index contributed by atoms with van der Waals surface area (Å²) in [5.74, 6) is 0. The van der Waals surface area contributed by atoms with Crippen LogP contribution in [0.25, 0.3) is 0 Å². The van der Waals surface area contributed by atoms with Crippen molar-refractivity contribution in [3.8, 4) is 0 Å². The lowest BCUT2D eigenvalue weighted by molar-refractivity contribution is 0.199. The van der Waals surface area contributed by atoms with Gasteiger partial charge < -0.3 is 10.2 Å². The van der Waals surface area contributed by atoms with E-state index < -0.39 is 0 Å². The Bertz CT molecular complexity index is 703. The van der Waals surface area contributed by atoms with Crippen molar-refractivity contribution in [2.24, 2.45) is 5.41 Å². The average Bonchev–Trinajstić information content (AvgIpc) is 2.99. The standard InChI is InChI=1S/C18H21Cl3N2OS/c1-18(2,3)6-7-23(11-13-5-4-8-25-13)17(24)22-16-14(20)9-12(19)10-15(16)21/h4-5,8-10H,6-7,11H2,1-3H3,(H,22,24). The first-order valence-electron chi connectivity index (χ1n) is 7.88. The second-order valence-electron chi connectivity index (χ2n) is 6.99. The number of hydrogen-bond acceptors (Lipinski definition) is 2.